The molecule has 0 atom stereocenters. The van der Waals surface area contributed by atoms with Crippen LogP contribution in [0.3, 0.4) is 0 Å². The maximum atomic E-state index is 6.03. The fourth-order valence-corrected chi connectivity index (χ4v) is 3.71. The molecule has 0 aliphatic carbocycles. The topological polar surface area (TPSA) is 58.3 Å². The third kappa shape index (κ3) is 4.15. The first-order valence-corrected chi connectivity index (χ1v) is 9.89. The monoisotopic (exact) mass is 373 g/mol. The van der Waals surface area contributed by atoms with Crippen LogP contribution < -0.4 is 15.5 Å². The van der Waals surface area contributed by atoms with Gasteiger partial charge in [-0.15, -0.1) is 0 Å². The lowest BCUT2D eigenvalue weighted by atomic mass is 9.99. The average Bonchev–Trinajstić information content (AvgIpc) is 2.75. The molecule has 2 N–H and O–H groups in total. The zero-order chi connectivity index (χ0) is 19.3. The molecule has 5 nitrogen and oxygen atoms in total. The van der Waals surface area contributed by atoms with Gasteiger partial charge >= 0.3 is 0 Å². The second kappa shape index (κ2) is 8.40. The minimum absolute atomic E-state index is 0.315. The smallest absolute Gasteiger partial charge is 0.227 e. The van der Waals surface area contributed by atoms with Crippen LogP contribution >= 0.6 is 0 Å². The molecule has 1 saturated heterocycles. The summed E-state index contributed by atoms with van der Waals surface area (Å²) in [5, 5.41) is 0. The van der Waals surface area contributed by atoms with Gasteiger partial charge in [0.25, 0.3) is 0 Å². The van der Waals surface area contributed by atoms with Crippen LogP contribution in [-0.2, 0) is 6.54 Å². The molecule has 0 radical (unpaired) electrons. The zero-order valence-corrected chi connectivity index (χ0v) is 16.3. The number of rotatable bonds is 5. The average molecular weight is 374 g/mol. The van der Waals surface area contributed by atoms with Crippen molar-refractivity contribution in [3.05, 3.63) is 72.4 Å². The van der Waals surface area contributed by atoms with Crippen LogP contribution in [0.2, 0.25) is 0 Å². The summed E-state index contributed by atoms with van der Waals surface area (Å²) in [6.07, 6.45) is 3.88. The van der Waals surface area contributed by atoms with E-state index in [1.807, 2.05) is 25.4 Å². The van der Waals surface area contributed by atoms with Crippen molar-refractivity contribution in [1.82, 2.24) is 9.97 Å². The van der Waals surface area contributed by atoms with Crippen molar-refractivity contribution in [2.45, 2.75) is 25.4 Å². The van der Waals surface area contributed by atoms with Crippen LogP contribution in [-0.4, -0.2) is 36.1 Å². The Morgan fingerprint density at radius 1 is 1.00 bits per heavy atom. The molecule has 0 bridgehead atoms. The molecule has 2 heterocycles. The molecule has 2 aromatic carbocycles. The van der Waals surface area contributed by atoms with Crippen molar-refractivity contribution in [2.24, 2.45) is 5.73 Å². The summed E-state index contributed by atoms with van der Waals surface area (Å²) in [7, 11) is 2.05. The minimum Gasteiger partial charge on any atom is -0.356 e. The van der Waals surface area contributed by atoms with Crippen molar-refractivity contribution >= 4 is 11.8 Å². The SMILES string of the molecule is CN(Cc1ccccc1-c1ccccc1)c1nccc(N2CCC(N)CC2)n1. The van der Waals surface area contributed by atoms with E-state index in [4.69, 9.17) is 10.7 Å². The Kier molecular flexibility index (Phi) is 5.53. The minimum atomic E-state index is 0.315. The lowest BCUT2D eigenvalue weighted by Gasteiger charge is -2.31. The van der Waals surface area contributed by atoms with E-state index >= 15 is 0 Å². The van der Waals surface area contributed by atoms with Crippen molar-refractivity contribution < 1.29 is 0 Å². The predicted octanol–water partition coefficient (Wildman–Crippen LogP) is 3.71. The summed E-state index contributed by atoms with van der Waals surface area (Å²) in [5.41, 5.74) is 9.77. The first-order chi connectivity index (χ1) is 13.7. The summed E-state index contributed by atoms with van der Waals surface area (Å²) in [5.74, 6) is 1.73. The summed E-state index contributed by atoms with van der Waals surface area (Å²) in [4.78, 5) is 13.7. The maximum Gasteiger partial charge on any atom is 0.227 e. The zero-order valence-electron chi connectivity index (χ0n) is 16.3. The summed E-state index contributed by atoms with van der Waals surface area (Å²) in [6.45, 7) is 2.66. The molecule has 1 fully saturated rings. The summed E-state index contributed by atoms with van der Waals surface area (Å²) >= 11 is 0. The summed E-state index contributed by atoms with van der Waals surface area (Å²) < 4.78 is 0. The molecule has 3 aromatic rings. The van der Waals surface area contributed by atoms with Crippen LogP contribution in [0.5, 0.6) is 0 Å². The Labute approximate surface area is 166 Å². The first kappa shape index (κ1) is 18.4. The van der Waals surface area contributed by atoms with E-state index < -0.39 is 0 Å². The molecule has 1 aliphatic rings. The van der Waals surface area contributed by atoms with Gasteiger partial charge in [-0.25, -0.2) is 4.98 Å². The lowest BCUT2D eigenvalue weighted by molar-refractivity contribution is 0.498. The Balaban J connectivity index is 1.54. The van der Waals surface area contributed by atoms with Gasteiger partial charge in [0.1, 0.15) is 5.82 Å². The van der Waals surface area contributed by atoms with Crippen LogP contribution in [0.25, 0.3) is 11.1 Å². The third-order valence-corrected chi connectivity index (χ3v) is 5.34. The van der Waals surface area contributed by atoms with Gasteiger partial charge < -0.3 is 15.5 Å². The highest BCUT2D eigenvalue weighted by Gasteiger charge is 2.18. The third-order valence-electron chi connectivity index (χ3n) is 5.34. The highest BCUT2D eigenvalue weighted by atomic mass is 15.3. The Hall–Kier alpha value is -2.92. The number of piperidine rings is 1. The van der Waals surface area contributed by atoms with E-state index in [1.54, 1.807) is 0 Å². The Morgan fingerprint density at radius 2 is 1.71 bits per heavy atom. The molecule has 0 saturated carbocycles. The number of nitrogens with zero attached hydrogens (tertiary/aromatic N) is 4. The molecule has 1 aromatic heterocycles. The van der Waals surface area contributed by atoms with E-state index in [0.717, 1.165) is 44.2 Å². The van der Waals surface area contributed by atoms with E-state index in [9.17, 15) is 0 Å². The maximum absolute atomic E-state index is 6.03. The van der Waals surface area contributed by atoms with E-state index in [-0.39, 0.29) is 0 Å². The Morgan fingerprint density at radius 3 is 2.50 bits per heavy atom. The van der Waals surface area contributed by atoms with Gasteiger partial charge in [0, 0.05) is 38.9 Å². The molecular weight excluding hydrogens is 346 g/mol. The molecule has 0 unspecified atom stereocenters. The second-order valence-electron chi connectivity index (χ2n) is 7.42. The molecule has 0 amide bonds. The molecular formula is C23H27N5. The number of nitrogens with two attached hydrogens (primary N) is 1. The highest BCUT2D eigenvalue weighted by molar-refractivity contribution is 5.67. The van der Waals surface area contributed by atoms with E-state index in [0.29, 0.717) is 6.04 Å². The fraction of sp³-hybridized carbons (Fsp3) is 0.304. The van der Waals surface area contributed by atoms with Gasteiger partial charge in [-0.1, -0.05) is 54.6 Å². The fourth-order valence-electron chi connectivity index (χ4n) is 3.71. The van der Waals surface area contributed by atoms with Gasteiger partial charge in [0.2, 0.25) is 5.95 Å². The quantitative estimate of drug-likeness (QED) is 0.739. The largest absolute Gasteiger partial charge is 0.356 e. The Bertz CT molecular complexity index is 904. The summed E-state index contributed by atoms with van der Waals surface area (Å²) in [6, 6.07) is 21.3. The number of hydrogen-bond acceptors (Lipinski definition) is 5. The van der Waals surface area contributed by atoms with Crippen LogP contribution in [0.1, 0.15) is 18.4 Å². The first-order valence-electron chi connectivity index (χ1n) is 9.89. The molecule has 28 heavy (non-hydrogen) atoms. The second-order valence-corrected chi connectivity index (χ2v) is 7.42. The predicted molar refractivity (Wildman–Crippen MR) is 115 cm³/mol. The lowest BCUT2D eigenvalue weighted by Crippen LogP contribution is -2.40. The van der Waals surface area contributed by atoms with Crippen molar-refractivity contribution in [1.29, 1.82) is 0 Å². The van der Waals surface area contributed by atoms with Crippen molar-refractivity contribution in [3.63, 3.8) is 0 Å². The normalized spacial score (nSPS) is 14.9. The van der Waals surface area contributed by atoms with Crippen molar-refractivity contribution in [3.8, 4) is 11.1 Å². The van der Waals surface area contributed by atoms with Crippen LogP contribution in [0, 0.1) is 0 Å². The van der Waals surface area contributed by atoms with Crippen molar-refractivity contribution in [2.75, 3.05) is 29.9 Å². The van der Waals surface area contributed by atoms with Gasteiger partial charge in [-0.05, 0) is 35.6 Å². The van der Waals surface area contributed by atoms with Crippen LogP contribution in [0.15, 0.2) is 66.9 Å². The molecule has 0 spiro atoms. The number of benzene rings is 2. The van der Waals surface area contributed by atoms with E-state index in [1.165, 1.54) is 16.7 Å². The number of hydrogen-bond donors (Lipinski definition) is 1. The molecule has 1 aliphatic heterocycles. The number of anilines is 2. The molecule has 5 heteroatoms. The van der Waals surface area contributed by atoms with Gasteiger partial charge in [0.05, 0.1) is 0 Å². The van der Waals surface area contributed by atoms with E-state index in [2.05, 4.69) is 63.3 Å². The highest BCUT2D eigenvalue weighted by Crippen LogP contribution is 2.26. The van der Waals surface area contributed by atoms with Crippen LogP contribution in [0.4, 0.5) is 11.8 Å². The number of aromatic nitrogens is 2. The molecule has 144 valence electrons. The van der Waals surface area contributed by atoms with Gasteiger partial charge in [-0.2, -0.15) is 4.98 Å². The molecule has 4 rings (SSSR count). The standard InChI is InChI=1S/C23H27N5/c1-27(17-19-9-5-6-10-21(19)18-7-3-2-4-8-18)23-25-14-11-22(26-23)28-15-12-20(24)13-16-28/h2-11,14,20H,12-13,15-17,24H2,1H3. The van der Waals surface area contributed by atoms with Gasteiger partial charge in [0.15, 0.2) is 0 Å². The van der Waals surface area contributed by atoms with Gasteiger partial charge in [-0.3, -0.25) is 0 Å².